The molecule has 118 valence electrons. The maximum atomic E-state index is 12.4. The first-order valence-corrected chi connectivity index (χ1v) is 8.47. The summed E-state index contributed by atoms with van der Waals surface area (Å²) >= 11 is 1.79. The van der Waals surface area contributed by atoms with Gasteiger partial charge in [-0.3, -0.25) is 4.79 Å². The minimum absolute atomic E-state index is 0.0332. The van der Waals surface area contributed by atoms with Gasteiger partial charge in [-0.15, -0.1) is 11.3 Å². The van der Waals surface area contributed by atoms with Crippen molar-refractivity contribution in [3.05, 3.63) is 21.9 Å². The molecule has 4 nitrogen and oxygen atoms in total. The van der Waals surface area contributed by atoms with Crippen molar-refractivity contribution in [2.24, 2.45) is 5.41 Å². The van der Waals surface area contributed by atoms with E-state index in [1.54, 1.807) is 11.3 Å². The number of carbonyl (C=O) groups excluding carboxylic acids is 1. The van der Waals surface area contributed by atoms with E-state index in [1.807, 2.05) is 4.90 Å². The van der Waals surface area contributed by atoms with E-state index in [0.717, 1.165) is 19.5 Å². The van der Waals surface area contributed by atoms with E-state index in [4.69, 9.17) is 5.11 Å². The predicted molar refractivity (Wildman–Crippen MR) is 86.4 cm³/mol. The van der Waals surface area contributed by atoms with E-state index in [9.17, 15) is 4.79 Å². The van der Waals surface area contributed by atoms with E-state index in [-0.39, 0.29) is 24.0 Å². The zero-order valence-electron chi connectivity index (χ0n) is 13.2. The molecule has 1 amide bonds. The highest BCUT2D eigenvalue weighted by atomic mass is 32.1. The lowest BCUT2D eigenvalue weighted by atomic mass is 9.85. The number of hydrogen-bond acceptors (Lipinski definition) is 4. The van der Waals surface area contributed by atoms with Crippen LogP contribution in [-0.4, -0.2) is 41.7 Å². The number of thiophene rings is 1. The highest BCUT2D eigenvalue weighted by molar-refractivity contribution is 7.10. The van der Waals surface area contributed by atoms with Gasteiger partial charge in [-0.25, -0.2) is 0 Å². The Hall–Kier alpha value is -0.910. The Bertz CT molecular complexity index is 479. The third kappa shape index (κ3) is 4.28. The number of amides is 1. The first-order valence-electron chi connectivity index (χ1n) is 7.59. The van der Waals surface area contributed by atoms with Crippen LogP contribution in [0.15, 0.2) is 11.4 Å². The summed E-state index contributed by atoms with van der Waals surface area (Å²) in [7, 11) is 0. The number of rotatable bonds is 5. The van der Waals surface area contributed by atoms with Gasteiger partial charge in [0.15, 0.2) is 0 Å². The van der Waals surface area contributed by atoms with Crippen LogP contribution in [0.4, 0.5) is 0 Å². The Balaban J connectivity index is 1.87. The molecule has 1 aromatic rings. The van der Waals surface area contributed by atoms with Gasteiger partial charge in [0.2, 0.25) is 5.91 Å². The van der Waals surface area contributed by atoms with Crippen molar-refractivity contribution in [2.75, 3.05) is 19.7 Å². The van der Waals surface area contributed by atoms with Gasteiger partial charge in [-0.1, -0.05) is 20.8 Å². The summed E-state index contributed by atoms with van der Waals surface area (Å²) in [6.45, 7) is 8.43. The summed E-state index contributed by atoms with van der Waals surface area (Å²) in [6.07, 6.45) is 1.64. The molecule has 0 bridgehead atoms. The normalized spacial score (nSPS) is 16.7. The summed E-state index contributed by atoms with van der Waals surface area (Å²) < 4.78 is 0. The number of nitrogens with one attached hydrogen (secondary N) is 1. The van der Waals surface area contributed by atoms with E-state index >= 15 is 0 Å². The van der Waals surface area contributed by atoms with Crippen molar-refractivity contribution in [1.29, 1.82) is 0 Å². The Morgan fingerprint density at radius 2 is 2.29 bits per heavy atom. The third-order valence-electron chi connectivity index (χ3n) is 4.12. The molecule has 1 unspecified atom stereocenters. The van der Waals surface area contributed by atoms with Crippen molar-refractivity contribution < 1.29 is 9.90 Å². The minimum atomic E-state index is 0.0332. The van der Waals surface area contributed by atoms with Crippen LogP contribution in [0.1, 0.15) is 37.6 Å². The molecule has 2 rings (SSSR count). The summed E-state index contributed by atoms with van der Waals surface area (Å²) in [5, 5.41) is 14.6. The lowest BCUT2D eigenvalue weighted by Gasteiger charge is -2.33. The molecule has 2 N–H and O–H groups in total. The monoisotopic (exact) mass is 310 g/mol. The first kappa shape index (κ1) is 16.5. The van der Waals surface area contributed by atoms with Crippen LogP contribution in [-0.2, 0) is 17.8 Å². The average molecular weight is 310 g/mol. The van der Waals surface area contributed by atoms with Crippen molar-refractivity contribution in [3.8, 4) is 0 Å². The first-order chi connectivity index (χ1) is 9.91. The van der Waals surface area contributed by atoms with Crippen molar-refractivity contribution in [1.82, 2.24) is 10.2 Å². The lowest BCUT2D eigenvalue weighted by Crippen LogP contribution is -2.47. The van der Waals surface area contributed by atoms with E-state index in [1.165, 1.54) is 10.4 Å². The second-order valence-corrected chi connectivity index (χ2v) is 7.75. The number of hydrogen-bond donors (Lipinski definition) is 2. The summed E-state index contributed by atoms with van der Waals surface area (Å²) in [4.78, 5) is 15.7. The highest BCUT2D eigenvalue weighted by Crippen LogP contribution is 2.24. The average Bonchev–Trinajstić information content (AvgIpc) is 2.89. The second-order valence-electron chi connectivity index (χ2n) is 6.75. The van der Waals surface area contributed by atoms with Gasteiger partial charge in [0.05, 0.1) is 6.54 Å². The molecule has 0 radical (unpaired) electrons. The molecule has 1 atom stereocenters. The largest absolute Gasteiger partial charge is 0.396 e. The summed E-state index contributed by atoms with van der Waals surface area (Å²) in [5.74, 6) is 0.152. The molecule has 0 aromatic carbocycles. The zero-order valence-corrected chi connectivity index (χ0v) is 14.0. The van der Waals surface area contributed by atoms with Crippen molar-refractivity contribution in [2.45, 2.75) is 46.2 Å². The molecule has 0 saturated carbocycles. The minimum Gasteiger partial charge on any atom is -0.396 e. The van der Waals surface area contributed by atoms with E-state index < -0.39 is 0 Å². The Labute approximate surface area is 131 Å². The highest BCUT2D eigenvalue weighted by Gasteiger charge is 2.26. The molecule has 0 spiro atoms. The SMILES string of the molecule is CC(C)(C)C(CCO)NCC(=O)N1CCc2sccc2C1. The second kappa shape index (κ2) is 6.90. The maximum absolute atomic E-state index is 12.4. The van der Waals surface area contributed by atoms with Gasteiger partial charge in [0.1, 0.15) is 0 Å². The molecule has 0 aliphatic carbocycles. The Morgan fingerprint density at radius 3 is 2.95 bits per heavy atom. The topological polar surface area (TPSA) is 52.6 Å². The fraction of sp³-hybridized carbons (Fsp3) is 0.688. The molecule has 0 fully saturated rings. The van der Waals surface area contributed by atoms with Gasteiger partial charge in [-0.05, 0) is 35.3 Å². The van der Waals surface area contributed by atoms with Crippen LogP contribution < -0.4 is 5.32 Å². The quantitative estimate of drug-likeness (QED) is 0.875. The molecule has 21 heavy (non-hydrogen) atoms. The van der Waals surface area contributed by atoms with Crippen LogP contribution in [0.2, 0.25) is 0 Å². The summed E-state index contributed by atoms with van der Waals surface area (Å²) in [6, 6.07) is 2.27. The summed E-state index contributed by atoms with van der Waals surface area (Å²) in [5.41, 5.74) is 1.33. The van der Waals surface area contributed by atoms with Gasteiger partial charge < -0.3 is 15.3 Å². The molecule has 1 aliphatic heterocycles. The predicted octanol–water partition coefficient (Wildman–Crippen LogP) is 2.02. The molecule has 1 aromatic heterocycles. The van der Waals surface area contributed by atoms with Crippen LogP contribution in [0, 0.1) is 5.41 Å². The maximum Gasteiger partial charge on any atom is 0.236 e. The van der Waals surface area contributed by atoms with Crippen LogP contribution in [0.3, 0.4) is 0 Å². The van der Waals surface area contributed by atoms with Crippen LogP contribution >= 0.6 is 11.3 Å². The lowest BCUT2D eigenvalue weighted by molar-refractivity contribution is -0.131. The fourth-order valence-corrected chi connectivity index (χ4v) is 3.64. The molecule has 2 heterocycles. The number of nitrogens with zero attached hydrogens (tertiary/aromatic N) is 1. The molecule has 1 aliphatic rings. The van der Waals surface area contributed by atoms with Crippen molar-refractivity contribution in [3.63, 3.8) is 0 Å². The third-order valence-corrected chi connectivity index (χ3v) is 5.15. The fourth-order valence-electron chi connectivity index (χ4n) is 2.75. The smallest absolute Gasteiger partial charge is 0.236 e. The number of aliphatic hydroxyl groups is 1. The zero-order chi connectivity index (χ0) is 15.5. The van der Waals surface area contributed by atoms with Crippen LogP contribution in [0.25, 0.3) is 0 Å². The molecule has 5 heteroatoms. The van der Waals surface area contributed by atoms with Crippen LogP contribution in [0.5, 0.6) is 0 Å². The van der Waals surface area contributed by atoms with E-state index in [0.29, 0.717) is 13.0 Å². The van der Waals surface area contributed by atoms with Gasteiger partial charge in [-0.2, -0.15) is 0 Å². The van der Waals surface area contributed by atoms with Crippen molar-refractivity contribution >= 4 is 17.2 Å². The molecule has 0 saturated heterocycles. The Kier molecular flexibility index (Phi) is 5.41. The van der Waals surface area contributed by atoms with Gasteiger partial charge >= 0.3 is 0 Å². The number of fused-ring (bicyclic) bond motifs is 1. The van der Waals surface area contributed by atoms with E-state index in [2.05, 4.69) is 37.5 Å². The molecular weight excluding hydrogens is 284 g/mol. The molecular formula is C16H26N2O2S. The van der Waals surface area contributed by atoms with Gasteiger partial charge in [0.25, 0.3) is 0 Å². The number of carbonyl (C=O) groups is 1. The number of aliphatic hydroxyl groups excluding tert-OH is 1. The Morgan fingerprint density at radius 1 is 1.52 bits per heavy atom. The standard InChI is InChI=1S/C16H26N2O2S/c1-16(2,3)14(5-8-19)17-10-15(20)18-7-4-13-12(11-18)6-9-21-13/h6,9,14,17,19H,4-5,7-8,10-11H2,1-3H3. The van der Waals surface area contributed by atoms with Gasteiger partial charge in [0, 0.05) is 30.6 Å².